The third-order valence-electron chi connectivity index (χ3n) is 6.83. The Hall–Kier alpha value is -1.85. The Morgan fingerprint density at radius 3 is 2.68 bits per heavy atom. The maximum atomic E-state index is 11.6. The lowest BCUT2D eigenvalue weighted by Crippen LogP contribution is -2.21. The molecule has 0 aliphatic heterocycles. The van der Waals surface area contributed by atoms with Gasteiger partial charge in [-0.1, -0.05) is 48.8 Å². The fourth-order valence-corrected chi connectivity index (χ4v) is 5.71. The van der Waals surface area contributed by atoms with Gasteiger partial charge in [0.2, 0.25) is 0 Å². The number of rotatable bonds is 6. The second kappa shape index (κ2) is 8.25. The predicted octanol–water partition coefficient (Wildman–Crippen LogP) is 6.44. The lowest BCUT2D eigenvalue weighted by Gasteiger charge is -2.30. The lowest BCUT2D eigenvalue weighted by molar-refractivity contribution is -0.139. The quantitative estimate of drug-likeness (QED) is 0.510. The number of aryl methyl sites for hydroxylation is 1. The first kappa shape index (κ1) is 22.3. The smallest absolute Gasteiger partial charge is 0.307 e. The van der Waals surface area contributed by atoms with Crippen molar-refractivity contribution in [1.82, 2.24) is 0 Å². The first-order valence-corrected chi connectivity index (χ1v) is 11.7. The minimum atomic E-state index is -0.673. The van der Waals surface area contributed by atoms with Crippen molar-refractivity contribution in [3.05, 3.63) is 63.1 Å². The van der Waals surface area contributed by atoms with E-state index in [2.05, 4.69) is 67.0 Å². The van der Waals surface area contributed by atoms with Crippen molar-refractivity contribution >= 4 is 21.9 Å². The van der Waals surface area contributed by atoms with E-state index in [0.29, 0.717) is 6.61 Å². The minimum absolute atomic E-state index is 0.0332. The Kier molecular flexibility index (Phi) is 5.95. The van der Waals surface area contributed by atoms with Crippen molar-refractivity contribution < 1.29 is 19.4 Å². The molecule has 0 aromatic heterocycles. The Labute approximate surface area is 193 Å². The molecule has 2 aromatic carbocycles. The van der Waals surface area contributed by atoms with E-state index >= 15 is 0 Å². The van der Waals surface area contributed by atoms with E-state index in [1.807, 2.05) is 6.07 Å². The second-order valence-corrected chi connectivity index (χ2v) is 10.9. The van der Waals surface area contributed by atoms with Crippen LogP contribution < -0.4 is 4.74 Å². The number of ether oxygens (including phenoxy) is 2. The number of hydrogen-bond donors (Lipinski definition) is 1. The Bertz CT molecular complexity index is 993. The van der Waals surface area contributed by atoms with Gasteiger partial charge in [0.15, 0.2) is 0 Å². The van der Waals surface area contributed by atoms with E-state index in [9.17, 15) is 9.90 Å². The number of aliphatic carboxylic acids is 1. The Balaban J connectivity index is 1.54. The summed E-state index contributed by atoms with van der Waals surface area (Å²) < 4.78 is 13.0. The van der Waals surface area contributed by atoms with Crippen LogP contribution in [0.3, 0.4) is 0 Å². The molecule has 4 rings (SSSR count). The van der Waals surface area contributed by atoms with E-state index in [0.717, 1.165) is 47.0 Å². The molecule has 0 radical (unpaired) electrons. The summed E-state index contributed by atoms with van der Waals surface area (Å²) in [6, 6.07) is 12.5. The van der Waals surface area contributed by atoms with Gasteiger partial charge < -0.3 is 14.6 Å². The van der Waals surface area contributed by atoms with Crippen molar-refractivity contribution in [3.8, 4) is 5.75 Å². The third kappa shape index (κ3) is 4.27. The number of fused-ring (bicyclic) bond motifs is 2. The predicted molar refractivity (Wildman–Crippen MR) is 124 cm³/mol. The molecule has 2 aliphatic carbocycles. The van der Waals surface area contributed by atoms with Crippen molar-refractivity contribution in [3.63, 3.8) is 0 Å². The summed E-state index contributed by atoms with van der Waals surface area (Å²) in [6.45, 7) is 6.96. The lowest BCUT2D eigenvalue weighted by atomic mass is 9.78. The standard InChI is InChI=1S/C26H31BrO4/c1-25(2,3)23(30-4)19-12-16(7-10-22(19)27)15-31-18-9-8-17-6-5-11-26(20(17)13-18)14-21(26)24(28)29/h7-10,12-13,21,23H,5-6,11,14-15H2,1-4H3,(H,28,29)/t21?,23-,26?/m1/s1. The Morgan fingerprint density at radius 1 is 1.26 bits per heavy atom. The van der Waals surface area contributed by atoms with Crippen LogP contribution in [0.1, 0.15) is 68.4 Å². The summed E-state index contributed by atoms with van der Waals surface area (Å²) in [4.78, 5) is 11.6. The molecule has 4 nitrogen and oxygen atoms in total. The van der Waals surface area contributed by atoms with Gasteiger partial charge >= 0.3 is 5.97 Å². The normalized spacial score (nSPS) is 23.3. The number of halogens is 1. The molecule has 1 fully saturated rings. The number of carbonyl (C=O) groups is 1. The van der Waals surface area contributed by atoms with Crippen LogP contribution in [0.25, 0.3) is 0 Å². The number of methoxy groups -OCH3 is 1. The first-order chi connectivity index (χ1) is 14.7. The zero-order valence-electron chi connectivity index (χ0n) is 18.7. The summed E-state index contributed by atoms with van der Waals surface area (Å²) in [5.74, 6) is -0.119. The Morgan fingerprint density at radius 2 is 2.03 bits per heavy atom. The first-order valence-electron chi connectivity index (χ1n) is 11.0. The monoisotopic (exact) mass is 486 g/mol. The highest BCUT2D eigenvalue weighted by Crippen LogP contribution is 2.60. The van der Waals surface area contributed by atoms with Gasteiger partial charge in [0.05, 0.1) is 12.0 Å². The van der Waals surface area contributed by atoms with Crippen LogP contribution in [0.15, 0.2) is 40.9 Å². The number of carboxylic acids is 1. The van der Waals surface area contributed by atoms with Crippen molar-refractivity contribution in [2.45, 2.75) is 64.6 Å². The van der Waals surface area contributed by atoms with Gasteiger partial charge in [-0.15, -0.1) is 0 Å². The molecule has 1 spiro atoms. The SMILES string of the molecule is CO[C@H](c1cc(COc2ccc3c(c2)C2(CCC3)CC2C(=O)O)ccc1Br)C(C)(C)C. The van der Waals surface area contributed by atoms with Gasteiger partial charge in [0, 0.05) is 17.0 Å². The molecule has 0 amide bonds. The highest BCUT2D eigenvalue weighted by atomic mass is 79.9. The van der Waals surface area contributed by atoms with Crippen molar-refractivity contribution in [2.24, 2.45) is 11.3 Å². The highest BCUT2D eigenvalue weighted by molar-refractivity contribution is 9.10. The zero-order chi connectivity index (χ0) is 22.4. The molecule has 2 unspecified atom stereocenters. The van der Waals surface area contributed by atoms with Crippen LogP contribution in [0.5, 0.6) is 5.75 Å². The van der Waals surface area contributed by atoms with E-state index in [4.69, 9.17) is 9.47 Å². The van der Waals surface area contributed by atoms with Crippen LogP contribution in [-0.4, -0.2) is 18.2 Å². The largest absolute Gasteiger partial charge is 0.489 e. The van der Waals surface area contributed by atoms with Crippen molar-refractivity contribution in [2.75, 3.05) is 7.11 Å². The van der Waals surface area contributed by atoms with E-state index in [-0.39, 0.29) is 22.9 Å². The molecular formula is C26H31BrO4. The number of benzene rings is 2. The molecule has 0 saturated heterocycles. The number of hydrogen-bond acceptors (Lipinski definition) is 3. The van der Waals surface area contributed by atoms with Crippen LogP contribution in [0.4, 0.5) is 0 Å². The topological polar surface area (TPSA) is 55.8 Å². The van der Waals surface area contributed by atoms with Crippen LogP contribution in [-0.2, 0) is 28.0 Å². The molecule has 166 valence electrons. The van der Waals surface area contributed by atoms with Gasteiger partial charge in [-0.2, -0.15) is 0 Å². The van der Waals surface area contributed by atoms with Gasteiger partial charge in [0.1, 0.15) is 12.4 Å². The zero-order valence-corrected chi connectivity index (χ0v) is 20.3. The summed E-state index contributed by atoms with van der Waals surface area (Å²) in [7, 11) is 1.75. The molecule has 3 atom stereocenters. The summed E-state index contributed by atoms with van der Waals surface area (Å²) in [6.07, 6.45) is 3.76. The fourth-order valence-electron chi connectivity index (χ4n) is 5.26. The summed E-state index contributed by atoms with van der Waals surface area (Å²) in [5.41, 5.74) is 4.44. The molecule has 1 saturated carbocycles. The highest BCUT2D eigenvalue weighted by Gasteiger charge is 2.60. The van der Waals surface area contributed by atoms with E-state index in [1.165, 1.54) is 11.1 Å². The average Bonchev–Trinajstić information content (AvgIpc) is 3.43. The maximum absolute atomic E-state index is 11.6. The summed E-state index contributed by atoms with van der Waals surface area (Å²) >= 11 is 3.67. The molecule has 0 heterocycles. The van der Waals surface area contributed by atoms with Crippen molar-refractivity contribution in [1.29, 1.82) is 0 Å². The van der Waals surface area contributed by atoms with Crippen LogP contribution in [0, 0.1) is 11.3 Å². The van der Waals surface area contributed by atoms with Gasteiger partial charge in [-0.05, 0) is 77.6 Å². The van der Waals surface area contributed by atoms with Gasteiger partial charge in [-0.3, -0.25) is 4.79 Å². The van der Waals surface area contributed by atoms with Gasteiger partial charge in [0.25, 0.3) is 0 Å². The molecular weight excluding hydrogens is 456 g/mol. The second-order valence-electron chi connectivity index (χ2n) is 10.0. The van der Waals surface area contributed by atoms with Crippen LogP contribution in [0.2, 0.25) is 0 Å². The number of carboxylic acid groups (broad SMARTS) is 1. The molecule has 1 N–H and O–H groups in total. The molecule has 31 heavy (non-hydrogen) atoms. The molecule has 2 aliphatic rings. The molecule has 5 heteroatoms. The minimum Gasteiger partial charge on any atom is -0.489 e. The molecule has 2 aromatic rings. The average molecular weight is 487 g/mol. The summed E-state index contributed by atoms with van der Waals surface area (Å²) in [5, 5.41) is 9.54. The maximum Gasteiger partial charge on any atom is 0.307 e. The van der Waals surface area contributed by atoms with E-state index in [1.54, 1.807) is 7.11 Å². The molecule has 0 bridgehead atoms. The third-order valence-corrected chi connectivity index (χ3v) is 7.55. The fraction of sp³-hybridized carbons (Fsp3) is 0.500. The van der Waals surface area contributed by atoms with Crippen LogP contribution >= 0.6 is 15.9 Å². The van der Waals surface area contributed by atoms with E-state index < -0.39 is 5.97 Å². The van der Waals surface area contributed by atoms with Gasteiger partial charge in [-0.25, -0.2) is 0 Å².